The Morgan fingerprint density at radius 1 is 1.33 bits per heavy atom. The van der Waals surface area contributed by atoms with Crippen LogP contribution in [0.5, 0.6) is 5.75 Å². The first kappa shape index (κ1) is 16.1. The zero-order valence-corrected chi connectivity index (χ0v) is 13.5. The van der Waals surface area contributed by atoms with Gasteiger partial charge in [-0.3, -0.25) is 14.9 Å². The van der Waals surface area contributed by atoms with Crippen LogP contribution >= 0.6 is 0 Å². The van der Waals surface area contributed by atoms with E-state index in [2.05, 4.69) is 21.3 Å². The summed E-state index contributed by atoms with van der Waals surface area (Å²) in [7, 11) is 0. The Bertz CT molecular complexity index is 687. The molecular weight excluding hydrogens is 312 g/mol. The van der Waals surface area contributed by atoms with E-state index in [0.29, 0.717) is 17.1 Å². The van der Waals surface area contributed by atoms with Crippen LogP contribution in [0, 0.1) is 0 Å². The van der Waals surface area contributed by atoms with Crippen LogP contribution < -0.4 is 26.0 Å². The van der Waals surface area contributed by atoms with Crippen LogP contribution in [0.3, 0.4) is 0 Å². The lowest BCUT2D eigenvalue weighted by molar-refractivity contribution is -0.123. The lowest BCUT2D eigenvalue weighted by Crippen LogP contribution is -2.46. The smallest absolute Gasteiger partial charge is 0.321 e. The number of benzene rings is 1. The second-order valence-electron chi connectivity index (χ2n) is 6.06. The lowest BCUT2D eigenvalue weighted by Gasteiger charge is -2.24. The largest absolute Gasteiger partial charge is 0.479 e. The monoisotopic (exact) mass is 332 g/mol. The van der Waals surface area contributed by atoms with Gasteiger partial charge >= 0.3 is 6.03 Å². The van der Waals surface area contributed by atoms with Gasteiger partial charge in [0, 0.05) is 11.7 Å². The van der Waals surface area contributed by atoms with E-state index in [1.807, 2.05) is 0 Å². The molecule has 0 saturated heterocycles. The van der Waals surface area contributed by atoms with Gasteiger partial charge < -0.3 is 20.7 Å². The molecule has 128 valence electrons. The molecule has 2 unspecified atom stereocenters. The van der Waals surface area contributed by atoms with Gasteiger partial charge in [0.05, 0.1) is 5.69 Å². The van der Waals surface area contributed by atoms with Crippen molar-refractivity contribution in [1.29, 1.82) is 0 Å². The van der Waals surface area contributed by atoms with Gasteiger partial charge in [-0.05, 0) is 44.9 Å². The highest BCUT2D eigenvalue weighted by Crippen LogP contribution is 2.32. The van der Waals surface area contributed by atoms with E-state index < -0.39 is 24.1 Å². The Balaban J connectivity index is 1.58. The fourth-order valence-electron chi connectivity index (χ4n) is 2.28. The minimum absolute atomic E-state index is 0.188. The third kappa shape index (κ3) is 3.76. The summed E-state index contributed by atoms with van der Waals surface area (Å²) in [6, 6.07) is 4.25. The van der Waals surface area contributed by atoms with Crippen LogP contribution in [0.2, 0.25) is 0 Å². The Kier molecular flexibility index (Phi) is 4.28. The summed E-state index contributed by atoms with van der Waals surface area (Å²) in [4.78, 5) is 35.2. The molecule has 1 saturated carbocycles. The molecule has 1 aliphatic carbocycles. The first-order chi connectivity index (χ1) is 11.4. The minimum Gasteiger partial charge on any atom is -0.479 e. The number of amides is 4. The molecule has 2 aliphatic rings. The van der Waals surface area contributed by atoms with E-state index in [-0.39, 0.29) is 11.9 Å². The molecular formula is C16H20N4O4. The van der Waals surface area contributed by atoms with Crippen molar-refractivity contribution in [2.75, 3.05) is 10.6 Å². The van der Waals surface area contributed by atoms with Gasteiger partial charge in [-0.15, -0.1) is 0 Å². The zero-order valence-electron chi connectivity index (χ0n) is 13.5. The van der Waals surface area contributed by atoms with Crippen molar-refractivity contribution in [2.45, 2.75) is 44.9 Å². The quantitative estimate of drug-likeness (QED) is 0.662. The molecule has 2 atom stereocenters. The topological polar surface area (TPSA) is 109 Å². The van der Waals surface area contributed by atoms with Crippen LogP contribution in [0.1, 0.15) is 26.7 Å². The molecule has 8 heteroatoms. The number of imide groups is 1. The van der Waals surface area contributed by atoms with Crippen molar-refractivity contribution in [1.82, 2.24) is 10.6 Å². The fourth-order valence-corrected chi connectivity index (χ4v) is 2.28. The van der Waals surface area contributed by atoms with Crippen LogP contribution in [-0.4, -0.2) is 36.0 Å². The number of rotatable bonds is 4. The standard InChI is InChI=1S/C16H20N4O4/c1-8(14(21)20-16(23)18-10-3-4-10)17-11-5-6-13-12(7-11)19-15(22)9(2)24-13/h5-10,17H,3-4H2,1-2H3,(H,19,22)(H2,18,20,21,23). The third-order valence-corrected chi connectivity index (χ3v) is 3.84. The highest BCUT2D eigenvalue weighted by atomic mass is 16.5. The average molecular weight is 332 g/mol. The van der Waals surface area contributed by atoms with Crippen molar-refractivity contribution in [2.24, 2.45) is 0 Å². The van der Waals surface area contributed by atoms with Gasteiger partial charge in [-0.2, -0.15) is 0 Å². The molecule has 1 fully saturated rings. The number of hydrogen-bond acceptors (Lipinski definition) is 5. The Morgan fingerprint density at radius 3 is 2.79 bits per heavy atom. The zero-order chi connectivity index (χ0) is 17.3. The Hall–Kier alpha value is -2.77. The number of nitrogens with one attached hydrogen (secondary N) is 4. The van der Waals surface area contributed by atoms with Crippen LogP contribution in [-0.2, 0) is 9.59 Å². The Morgan fingerprint density at radius 2 is 2.08 bits per heavy atom. The summed E-state index contributed by atoms with van der Waals surface area (Å²) in [5, 5.41) is 10.7. The number of ether oxygens (including phenoxy) is 1. The highest BCUT2D eigenvalue weighted by Gasteiger charge is 2.26. The third-order valence-electron chi connectivity index (χ3n) is 3.84. The summed E-state index contributed by atoms with van der Waals surface area (Å²) >= 11 is 0. The summed E-state index contributed by atoms with van der Waals surface area (Å²) < 4.78 is 5.47. The van der Waals surface area contributed by atoms with Gasteiger partial charge in [0.2, 0.25) is 5.91 Å². The van der Waals surface area contributed by atoms with Gasteiger partial charge in [0.25, 0.3) is 5.91 Å². The molecule has 8 nitrogen and oxygen atoms in total. The molecule has 1 heterocycles. The first-order valence-electron chi connectivity index (χ1n) is 7.92. The van der Waals surface area contributed by atoms with E-state index in [4.69, 9.17) is 4.74 Å². The predicted octanol–water partition coefficient (Wildman–Crippen LogP) is 1.19. The van der Waals surface area contributed by atoms with Crippen molar-refractivity contribution in [3.8, 4) is 5.75 Å². The van der Waals surface area contributed by atoms with Gasteiger partial charge in [-0.25, -0.2) is 4.79 Å². The van der Waals surface area contributed by atoms with E-state index in [1.165, 1.54) is 0 Å². The average Bonchev–Trinajstić information content (AvgIpc) is 3.32. The number of hydrogen-bond donors (Lipinski definition) is 4. The van der Waals surface area contributed by atoms with Crippen LogP contribution in [0.4, 0.5) is 16.2 Å². The van der Waals surface area contributed by atoms with Gasteiger partial charge in [0.15, 0.2) is 6.10 Å². The van der Waals surface area contributed by atoms with E-state index >= 15 is 0 Å². The second-order valence-corrected chi connectivity index (χ2v) is 6.06. The maximum absolute atomic E-state index is 12.0. The van der Waals surface area contributed by atoms with Crippen molar-refractivity contribution >= 4 is 29.2 Å². The molecule has 0 spiro atoms. The molecule has 1 aromatic rings. The molecule has 4 amide bonds. The summed E-state index contributed by atoms with van der Waals surface area (Å²) in [6.45, 7) is 3.32. The molecule has 0 radical (unpaired) electrons. The first-order valence-corrected chi connectivity index (χ1v) is 7.92. The van der Waals surface area contributed by atoms with Crippen LogP contribution in [0.15, 0.2) is 18.2 Å². The lowest BCUT2D eigenvalue weighted by atomic mass is 10.2. The SMILES string of the molecule is CC(Nc1ccc2c(c1)NC(=O)C(C)O2)C(=O)NC(=O)NC1CC1. The number of anilines is 2. The highest BCUT2D eigenvalue weighted by molar-refractivity contribution is 5.99. The summed E-state index contributed by atoms with van der Waals surface area (Å²) in [5.74, 6) is -0.0736. The van der Waals surface area contributed by atoms with E-state index in [9.17, 15) is 14.4 Å². The minimum atomic E-state index is -0.618. The van der Waals surface area contributed by atoms with Crippen molar-refractivity contribution in [3.63, 3.8) is 0 Å². The number of carbonyl (C=O) groups excluding carboxylic acids is 3. The van der Waals surface area contributed by atoms with E-state index in [0.717, 1.165) is 12.8 Å². The number of carbonyl (C=O) groups is 3. The summed E-state index contributed by atoms with van der Waals surface area (Å²) in [5.41, 5.74) is 1.18. The predicted molar refractivity (Wildman–Crippen MR) is 87.9 cm³/mol. The second kappa shape index (κ2) is 6.38. The maximum Gasteiger partial charge on any atom is 0.321 e. The summed E-state index contributed by atoms with van der Waals surface area (Å²) in [6.07, 6.45) is 1.37. The molecule has 3 rings (SSSR count). The molecule has 0 aromatic heterocycles. The molecule has 24 heavy (non-hydrogen) atoms. The maximum atomic E-state index is 12.0. The van der Waals surface area contributed by atoms with E-state index in [1.54, 1.807) is 32.0 Å². The fraction of sp³-hybridized carbons (Fsp3) is 0.438. The van der Waals surface area contributed by atoms with Crippen LogP contribution in [0.25, 0.3) is 0 Å². The molecule has 4 N–H and O–H groups in total. The molecule has 1 aliphatic heterocycles. The normalized spacial score (nSPS) is 20.1. The van der Waals surface area contributed by atoms with Crippen molar-refractivity contribution < 1.29 is 19.1 Å². The number of urea groups is 1. The molecule has 0 bridgehead atoms. The Labute approximate surface area is 139 Å². The number of fused-ring (bicyclic) bond motifs is 1. The van der Waals surface area contributed by atoms with Crippen molar-refractivity contribution in [3.05, 3.63) is 18.2 Å². The molecule has 1 aromatic carbocycles. The van der Waals surface area contributed by atoms with Gasteiger partial charge in [0.1, 0.15) is 11.8 Å². The van der Waals surface area contributed by atoms with Gasteiger partial charge in [-0.1, -0.05) is 0 Å².